The van der Waals surface area contributed by atoms with Gasteiger partial charge in [-0.1, -0.05) is 32.0 Å². The van der Waals surface area contributed by atoms with Crippen LogP contribution in [0.2, 0.25) is 0 Å². The fraction of sp³-hybridized carbons (Fsp3) is 0.136. The van der Waals surface area contributed by atoms with Crippen LogP contribution < -0.4 is 5.32 Å². The molecule has 0 saturated heterocycles. The second kappa shape index (κ2) is 8.35. The van der Waals surface area contributed by atoms with E-state index in [4.69, 9.17) is 20.0 Å². The van der Waals surface area contributed by atoms with Crippen molar-refractivity contribution in [2.75, 3.05) is 5.32 Å². The van der Waals surface area contributed by atoms with Gasteiger partial charge < -0.3 is 14.5 Å². The van der Waals surface area contributed by atoms with Crippen molar-refractivity contribution in [2.24, 2.45) is 0 Å². The summed E-state index contributed by atoms with van der Waals surface area (Å²) in [7, 11) is 0. The second-order valence-electron chi connectivity index (χ2n) is 6.55. The molecular weight excluding hydrogens is 354 g/mol. The molecule has 2 aromatic carbocycles. The smallest absolute Gasteiger partial charge is 0.257 e. The van der Waals surface area contributed by atoms with E-state index in [9.17, 15) is 4.79 Å². The van der Waals surface area contributed by atoms with Crippen LogP contribution in [0.25, 0.3) is 0 Å². The quantitative estimate of drug-likeness (QED) is 0.431. The maximum absolute atomic E-state index is 12.6. The third-order valence-electron chi connectivity index (χ3n) is 4.15. The van der Waals surface area contributed by atoms with Gasteiger partial charge in [-0.25, -0.2) is 0 Å². The molecule has 3 aromatic rings. The highest BCUT2D eigenvalue weighted by Gasteiger charge is 2.13. The van der Waals surface area contributed by atoms with Crippen LogP contribution in [0.15, 0.2) is 71.3 Å². The van der Waals surface area contributed by atoms with Crippen LogP contribution in [0.5, 0.6) is 0 Å². The van der Waals surface area contributed by atoms with Gasteiger partial charge >= 0.3 is 0 Å². The molecule has 0 spiro atoms. The zero-order valence-electron chi connectivity index (χ0n) is 15.7. The molecule has 28 heavy (non-hydrogen) atoms. The van der Waals surface area contributed by atoms with E-state index in [1.165, 1.54) is 6.26 Å². The molecule has 0 aliphatic carbocycles. The van der Waals surface area contributed by atoms with Crippen molar-refractivity contribution >= 4 is 23.4 Å². The summed E-state index contributed by atoms with van der Waals surface area (Å²) in [5.74, 6) is -0.123. The summed E-state index contributed by atoms with van der Waals surface area (Å²) in [4.78, 5) is 12.6. The average Bonchev–Trinajstić information content (AvgIpc) is 3.23. The molecule has 1 aromatic heterocycles. The Bertz CT molecular complexity index is 1010. The van der Waals surface area contributed by atoms with Crippen LogP contribution in [0.1, 0.15) is 47.0 Å². The Morgan fingerprint density at radius 2 is 1.71 bits per heavy atom. The van der Waals surface area contributed by atoms with Crippen molar-refractivity contribution in [1.29, 1.82) is 10.8 Å². The lowest BCUT2D eigenvalue weighted by Gasteiger charge is -2.11. The molecule has 6 heteroatoms. The number of carbonyl (C=O) groups is 1. The van der Waals surface area contributed by atoms with Crippen LogP contribution in [0.3, 0.4) is 0 Å². The maximum atomic E-state index is 12.6. The second-order valence-corrected chi connectivity index (χ2v) is 6.55. The predicted molar refractivity (Wildman–Crippen MR) is 108 cm³/mol. The molecule has 0 aliphatic rings. The predicted octanol–water partition coefficient (Wildman–Crippen LogP) is 5.02. The zero-order chi connectivity index (χ0) is 20.1. The molecule has 0 fully saturated rings. The largest absolute Gasteiger partial charge is 0.459 e. The highest BCUT2D eigenvalue weighted by Crippen LogP contribution is 2.18. The van der Waals surface area contributed by atoms with Gasteiger partial charge in [0, 0.05) is 16.8 Å². The van der Waals surface area contributed by atoms with Gasteiger partial charge in [0.25, 0.3) is 11.8 Å². The monoisotopic (exact) mass is 375 g/mol. The van der Waals surface area contributed by atoms with E-state index in [2.05, 4.69) is 19.2 Å². The van der Waals surface area contributed by atoms with Gasteiger partial charge in [0.1, 0.15) is 0 Å². The minimum atomic E-state index is -0.255. The Balaban J connectivity index is 1.71. The highest BCUT2D eigenvalue weighted by atomic mass is 16.5. The Morgan fingerprint density at radius 1 is 0.964 bits per heavy atom. The van der Waals surface area contributed by atoms with Crippen molar-refractivity contribution < 1.29 is 13.9 Å². The zero-order valence-corrected chi connectivity index (χ0v) is 15.7. The maximum Gasteiger partial charge on any atom is 0.257 e. The van der Waals surface area contributed by atoms with E-state index in [0.717, 1.165) is 5.56 Å². The van der Waals surface area contributed by atoms with Gasteiger partial charge in [-0.3, -0.25) is 15.6 Å². The molecular formula is C22H21N3O3. The van der Waals surface area contributed by atoms with E-state index < -0.39 is 0 Å². The van der Waals surface area contributed by atoms with Crippen LogP contribution in [0, 0.1) is 10.8 Å². The summed E-state index contributed by atoms with van der Waals surface area (Å²) in [6.07, 6.45) is 1.43. The van der Waals surface area contributed by atoms with Gasteiger partial charge in [0.15, 0.2) is 5.76 Å². The molecule has 1 heterocycles. The molecule has 0 saturated carbocycles. The number of amides is 1. The van der Waals surface area contributed by atoms with Crippen LogP contribution in [-0.4, -0.2) is 17.7 Å². The van der Waals surface area contributed by atoms with Crippen LogP contribution >= 0.6 is 0 Å². The number of anilines is 1. The molecule has 0 radical (unpaired) electrons. The Morgan fingerprint density at radius 3 is 2.43 bits per heavy atom. The number of rotatable bonds is 5. The van der Waals surface area contributed by atoms with Gasteiger partial charge in [-0.05, 0) is 53.9 Å². The molecule has 3 N–H and O–H groups in total. The van der Waals surface area contributed by atoms with Crippen molar-refractivity contribution in [2.45, 2.75) is 19.8 Å². The summed E-state index contributed by atoms with van der Waals surface area (Å²) in [6, 6.07) is 17.5. The number of benzene rings is 2. The van der Waals surface area contributed by atoms with Crippen molar-refractivity contribution in [1.82, 2.24) is 0 Å². The molecule has 0 bridgehead atoms. The summed E-state index contributed by atoms with van der Waals surface area (Å²) in [5, 5.41) is 18.7. The van der Waals surface area contributed by atoms with Crippen LogP contribution in [0.4, 0.5) is 5.69 Å². The minimum absolute atomic E-state index is 0.209. The standard InChI is InChI=1S/C22H21N3O3/c1-14(2)15-6-3-8-17(12-15)22(26)25-18-9-4-7-16(13-18)20(23)28-21(24)19-10-5-11-27-19/h3-14,23-24H,1-2H3,(H,25,26). The number of furan rings is 1. The first-order chi connectivity index (χ1) is 13.4. The first kappa shape index (κ1) is 19.1. The third kappa shape index (κ3) is 4.54. The minimum Gasteiger partial charge on any atom is -0.459 e. The highest BCUT2D eigenvalue weighted by molar-refractivity contribution is 6.06. The van der Waals surface area contributed by atoms with Crippen molar-refractivity contribution in [3.8, 4) is 0 Å². The van der Waals surface area contributed by atoms with E-state index in [1.807, 2.05) is 18.2 Å². The van der Waals surface area contributed by atoms with Gasteiger partial charge in [0.2, 0.25) is 5.90 Å². The number of hydrogen-bond donors (Lipinski definition) is 3. The number of nitrogens with one attached hydrogen (secondary N) is 3. The van der Waals surface area contributed by atoms with E-state index >= 15 is 0 Å². The van der Waals surface area contributed by atoms with Gasteiger partial charge in [-0.15, -0.1) is 0 Å². The lowest BCUT2D eigenvalue weighted by atomic mass is 10.0. The molecule has 0 atom stereocenters. The molecule has 0 aliphatic heterocycles. The van der Waals surface area contributed by atoms with E-state index in [-0.39, 0.29) is 23.5 Å². The Hall–Kier alpha value is -3.67. The SMILES string of the molecule is CC(C)c1cccc(C(=O)Nc2cccc(C(=N)OC(=N)c3ccco3)c2)c1. The third-order valence-corrected chi connectivity index (χ3v) is 4.15. The summed E-state index contributed by atoms with van der Waals surface area (Å²) >= 11 is 0. The summed E-state index contributed by atoms with van der Waals surface area (Å²) < 4.78 is 10.3. The lowest BCUT2D eigenvalue weighted by molar-refractivity contribution is 0.102. The van der Waals surface area contributed by atoms with E-state index in [1.54, 1.807) is 42.5 Å². The van der Waals surface area contributed by atoms with E-state index in [0.29, 0.717) is 22.7 Å². The lowest BCUT2D eigenvalue weighted by Crippen LogP contribution is -2.14. The first-order valence-corrected chi connectivity index (χ1v) is 8.84. The van der Waals surface area contributed by atoms with Gasteiger partial charge in [0.05, 0.1) is 6.26 Å². The summed E-state index contributed by atoms with van der Waals surface area (Å²) in [6.45, 7) is 4.15. The number of hydrogen-bond acceptors (Lipinski definition) is 5. The summed E-state index contributed by atoms with van der Waals surface area (Å²) in [5.41, 5.74) is 2.64. The Kier molecular flexibility index (Phi) is 5.69. The molecule has 142 valence electrons. The number of ether oxygens (including phenoxy) is 1. The van der Waals surface area contributed by atoms with Crippen LogP contribution in [-0.2, 0) is 4.74 Å². The fourth-order valence-electron chi connectivity index (χ4n) is 2.60. The topological polar surface area (TPSA) is 99.2 Å². The Labute approximate surface area is 163 Å². The first-order valence-electron chi connectivity index (χ1n) is 8.84. The fourth-order valence-corrected chi connectivity index (χ4v) is 2.60. The molecule has 0 unspecified atom stereocenters. The normalized spacial score (nSPS) is 10.5. The number of carbonyl (C=O) groups excluding carboxylic acids is 1. The molecule has 3 rings (SSSR count). The molecule has 1 amide bonds. The van der Waals surface area contributed by atoms with Crippen molar-refractivity contribution in [3.63, 3.8) is 0 Å². The average molecular weight is 375 g/mol. The van der Waals surface area contributed by atoms with Gasteiger partial charge in [-0.2, -0.15) is 0 Å². The van der Waals surface area contributed by atoms with Crippen molar-refractivity contribution in [3.05, 3.63) is 89.4 Å². The molecule has 6 nitrogen and oxygen atoms in total.